The van der Waals surface area contributed by atoms with Gasteiger partial charge in [-0.1, -0.05) is 12.1 Å². The van der Waals surface area contributed by atoms with Gasteiger partial charge in [0.2, 0.25) is 0 Å². The number of hydrogen-bond donors (Lipinski definition) is 2. The van der Waals surface area contributed by atoms with Crippen LogP contribution in [-0.2, 0) is 9.53 Å². The van der Waals surface area contributed by atoms with Crippen LogP contribution >= 0.6 is 0 Å². The average Bonchev–Trinajstić information content (AvgIpc) is 2.46. The van der Waals surface area contributed by atoms with Gasteiger partial charge in [0.15, 0.2) is 6.61 Å². The summed E-state index contributed by atoms with van der Waals surface area (Å²) < 4.78 is 10.7. The number of amides is 1. The van der Waals surface area contributed by atoms with E-state index in [1.165, 1.54) is 0 Å². The third-order valence-corrected chi connectivity index (χ3v) is 3.32. The molecule has 1 aromatic rings. The molecule has 1 unspecified atom stereocenters. The van der Waals surface area contributed by atoms with Gasteiger partial charge in [0.25, 0.3) is 5.91 Å². The average molecular weight is 279 g/mol. The maximum absolute atomic E-state index is 11.7. The topological polar surface area (TPSA) is 67.8 Å². The fourth-order valence-electron chi connectivity index (χ4n) is 2.10. The monoisotopic (exact) mass is 279 g/mol. The lowest BCUT2D eigenvalue weighted by molar-refractivity contribution is -0.124. The predicted molar refractivity (Wildman–Crippen MR) is 74.6 cm³/mol. The van der Waals surface area contributed by atoms with Crippen molar-refractivity contribution in [1.29, 1.82) is 0 Å². The summed E-state index contributed by atoms with van der Waals surface area (Å²) in [6, 6.07) is 7.28. The highest BCUT2D eigenvalue weighted by atomic mass is 16.5. The molecule has 0 radical (unpaired) electrons. The first-order valence-corrected chi connectivity index (χ1v) is 6.93. The molecule has 5 heteroatoms. The number of aliphatic hydroxyl groups excluding tert-OH is 1. The molecule has 2 N–H and O–H groups in total. The standard InChI is InChI=1S/C15H21NO4/c1-11(17)12-2-4-14(5-3-12)20-10-15(18)16-13-6-8-19-9-7-13/h2-5,11,13,17H,6-10H2,1H3,(H,16,18). The van der Waals surface area contributed by atoms with Crippen LogP contribution in [0.2, 0.25) is 0 Å². The van der Waals surface area contributed by atoms with Gasteiger partial charge in [-0.05, 0) is 37.5 Å². The second kappa shape index (κ2) is 7.26. The van der Waals surface area contributed by atoms with Crippen LogP contribution in [0.5, 0.6) is 5.75 Å². The van der Waals surface area contributed by atoms with Gasteiger partial charge in [0.05, 0.1) is 6.10 Å². The summed E-state index contributed by atoms with van der Waals surface area (Å²) in [5.74, 6) is 0.507. The highest BCUT2D eigenvalue weighted by molar-refractivity contribution is 5.77. The Hall–Kier alpha value is -1.59. The van der Waals surface area contributed by atoms with E-state index < -0.39 is 6.10 Å². The van der Waals surface area contributed by atoms with Gasteiger partial charge in [-0.2, -0.15) is 0 Å². The van der Waals surface area contributed by atoms with Crippen molar-refractivity contribution >= 4 is 5.91 Å². The van der Waals surface area contributed by atoms with Crippen LogP contribution in [-0.4, -0.2) is 36.9 Å². The highest BCUT2D eigenvalue weighted by Gasteiger charge is 2.16. The number of ether oxygens (including phenoxy) is 2. The molecule has 1 aliphatic rings. The SMILES string of the molecule is CC(O)c1ccc(OCC(=O)NC2CCOCC2)cc1. The maximum atomic E-state index is 11.7. The van der Waals surface area contributed by atoms with E-state index in [4.69, 9.17) is 9.47 Å². The molecule has 0 spiro atoms. The minimum absolute atomic E-state index is 0.00534. The minimum Gasteiger partial charge on any atom is -0.484 e. The lowest BCUT2D eigenvalue weighted by Crippen LogP contribution is -2.41. The molecule has 1 atom stereocenters. The number of carbonyl (C=O) groups is 1. The number of hydrogen-bond acceptors (Lipinski definition) is 4. The first-order chi connectivity index (χ1) is 9.65. The molecule has 5 nitrogen and oxygen atoms in total. The molecule has 0 aromatic heterocycles. The van der Waals surface area contributed by atoms with E-state index in [0.29, 0.717) is 19.0 Å². The lowest BCUT2D eigenvalue weighted by atomic mass is 10.1. The number of rotatable bonds is 5. The Morgan fingerprint density at radius 1 is 1.40 bits per heavy atom. The summed E-state index contributed by atoms with van der Waals surface area (Å²) in [7, 11) is 0. The van der Waals surface area contributed by atoms with E-state index >= 15 is 0 Å². The Morgan fingerprint density at radius 3 is 2.65 bits per heavy atom. The van der Waals surface area contributed by atoms with Crippen LogP contribution in [0.1, 0.15) is 31.4 Å². The van der Waals surface area contributed by atoms with Crippen molar-refractivity contribution in [3.05, 3.63) is 29.8 Å². The molecule has 1 fully saturated rings. The van der Waals surface area contributed by atoms with Gasteiger partial charge < -0.3 is 19.9 Å². The largest absolute Gasteiger partial charge is 0.484 e. The lowest BCUT2D eigenvalue weighted by Gasteiger charge is -2.23. The molecule has 1 heterocycles. The van der Waals surface area contributed by atoms with Gasteiger partial charge in [0, 0.05) is 19.3 Å². The summed E-state index contributed by atoms with van der Waals surface area (Å²) in [6.45, 7) is 3.11. The summed E-state index contributed by atoms with van der Waals surface area (Å²) in [6.07, 6.45) is 1.21. The molecule has 0 bridgehead atoms. The van der Waals surface area contributed by atoms with Crippen molar-refractivity contribution in [2.45, 2.75) is 31.9 Å². The van der Waals surface area contributed by atoms with Crippen molar-refractivity contribution in [2.24, 2.45) is 0 Å². The molecule has 1 amide bonds. The molecule has 1 saturated heterocycles. The highest BCUT2D eigenvalue weighted by Crippen LogP contribution is 2.17. The van der Waals surface area contributed by atoms with E-state index in [-0.39, 0.29) is 18.6 Å². The van der Waals surface area contributed by atoms with Gasteiger partial charge >= 0.3 is 0 Å². The van der Waals surface area contributed by atoms with Gasteiger partial charge in [0.1, 0.15) is 5.75 Å². The Kier molecular flexibility index (Phi) is 5.38. The predicted octanol–water partition coefficient (Wildman–Crippen LogP) is 1.41. The summed E-state index contributed by atoms with van der Waals surface area (Å²) in [5.41, 5.74) is 0.823. The summed E-state index contributed by atoms with van der Waals surface area (Å²) in [5, 5.41) is 12.3. The molecular weight excluding hydrogens is 258 g/mol. The van der Waals surface area contributed by atoms with Crippen molar-refractivity contribution in [1.82, 2.24) is 5.32 Å². The van der Waals surface area contributed by atoms with Crippen molar-refractivity contribution in [3.8, 4) is 5.75 Å². The zero-order valence-electron chi connectivity index (χ0n) is 11.7. The molecular formula is C15H21NO4. The molecule has 0 saturated carbocycles. The van der Waals surface area contributed by atoms with Gasteiger partial charge in [-0.3, -0.25) is 4.79 Å². The first kappa shape index (κ1) is 14.8. The fraction of sp³-hybridized carbons (Fsp3) is 0.533. The molecule has 1 aliphatic heterocycles. The molecule has 20 heavy (non-hydrogen) atoms. The number of nitrogens with one attached hydrogen (secondary N) is 1. The van der Waals surface area contributed by atoms with Crippen molar-refractivity contribution < 1.29 is 19.4 Å². The van der Waals surface area contributed by atoms with E-state index in [2.05, 4.69) is 5.32 Å². The van der Waals surface area contributed by atoms with Crippen molar-refractivity contribution in [3.63, 3.8) is 0 Å². The van der Waals surface area contributed by atoms with E-state index in [9.17, 15) is 9.90 Å². The van der Waals surface area contributed by atoms with Gasteiger partial charge in [-0.25, -0.2) is 0 Å². The smallest absolute Gasteiger partial charge is 0.258 e. The van der Waals surface area contributed by atoms with E-state index in [0.717, 1.165) is 18.4 Å². The van der Waals surface area contributed by atoms with Crippen LogP contribution in [0.3, 0.4) is 0 Å². The zero-order valence-corrected chi connectivity index (χ0v) is 11.7. The van der Waals surface area contributed by atoms with Crippen LogP contribution < -0.4 is 10.1 Å². The Balaban J connectivity index is 1.74. The molecule has 0 aliphatic carbocycles. The second-order valence-electron chi connectivity index (χ2n) is 4.99. The van der Waals surface area contributed by atoms with Crippen LogP contribution in [0.15, 0.2) is 24.3 Å². The molecule has 2 rings (SSSR count). The van der Waals surface area contributed by atoms with Crippen molar-refractivity contribution in [2.75, 3.05) is 19.8 Å². The maximum Gasteiger partial charge on any atom is 0.258 e. The van der Waals surface area contributed by atoms with E-state index in [1.807, 2.05) is 0 Å². The third kappa shape index (κ3) is 4.51. The quantitative estimate of drug-likeness (QED) is 0.855. The van der Waals surface area contributed by atoms with E-state index in [1.54, 1.807) is 31.2 Å². The Bertz CT molecular complexity index is 424. The minimum atomic E-state index is -0.499. The van der Waals surface area contributed by atoms with Crippen LogP contribution in [0.25, 0.3) is 0 Å². The third-order valence-electron chi connectivity index (χ3n) is 3.32. The van der Waals surface area contributed by atoms with Crippen LogP contribution in [0, 0.1) is 0 Å². The number of aliphatic hydroxyl groups is 1. The molecule has 110 valence electrons. The summed E-state index contributed by atoms with van der Waals surface area (Å²) >= 11 is 0. The fourth-order valence-corrected chi connectivity index (χ4v) is 2.10. The number of carbonyl (C=O) groups excluding carboxylic acids is 1. The number of benzene rings is 1. The summed E-state index contributed by atoms with van der Waals surface area (Å²) in [4.78, 5) is 11.7. The van der Waals surface area contributed by atoms with Gasteiger partial charge in [-0.15, -0.1) is 0 Å². The first-order valence-electron chi connectivity index (χ1n) is 6.93. The normalized spacial score (nSPS) is 17.5. The Morgan fingerprint density at radius 2 is 2.05 bits per heavy atom. The zero-order chi connectivity index (χ0) is 14.4. The second-order valence-corrected chi connectivity index (χ2v) is 4.99. The Labute approximate surface area is 118 Å². The van der Waals surface area contributed by atoms with Crippen LogP contribution in [0.4, 0.5) is 0 Å². The molecule has 1 aromatic carbocycles.